The molecule has 0 aromatic heterocycles. The number of nitrogen functional groups attached to an aromatic ring is 1. The van der Waals surface area contributed by atoms with E-state index in [4.69, 9.17) is 5.73 Å². The minimum atomic E-state index is 0.186. The Kier molecular flexibility index (Phi) is 4.19. The van der Waals surface area contributed by atoms with Crippen molar-refractivity contribution < 1.29 is 0 Å². The highest BCUT2D eigenvalue weighted by molar-refractivity contribution is 5.41. The Balaban J connectivity index is 2.10. The third-order valence-electron chi connectivity index (χ3n) is 4.47. The number of nitrogens with zero attached hydrogens (tertiary/aromatic N) is 1. The first-order valence-corrected chi connectivity index (χ1v) is 7.50. The highest BCUT2D eigenvalue weighted by Gasteiger charge is 2.32. The summed E-state index contributed by atoms with van der Waals surface area (Å²) in [5, 5.41) is 0. The fourth-order valence-corrected chi connectivity index (χ4v) is 3.34. The number of likely N-dealkylation sites (tertiary alicyclic amines) is 1. The third-order valence-corrected chi connectivity index (χ3v) is 4.47. The molecule has 19 heavy (non-hydrogen) atoms. The first-order chi connectivity index (χ1) is 8.90. The molecule has 0 radical (unpaired) electrons. The largest absolute Gasteiger partial charge is 0.399 e. The van der Waals surface area contributed by atoms with E-state index in [0.717, 1.165) is 24.2 Å². The van der Waals surface area contributed by atoms with Crippen LogP contribution in [0.15, 0.2) is 24.3 Å². The quantitative estimate of drug-likeness (QED) is 0.837. The fourth-order valence-electron chi connectivity index (χ4n) is 3.34. The van der Waals surface area contributed by atoms with Crippen LogP contribution in [-0.2, 0) is 5.41 Å². The third kappa shape index (κ3) is 3.30. The van der Waals surface area contributed by atoms with Crippen molar-refractivity contribution in [3.8, 4) is 0 Å². The first-order valence-electron chi connectivity index (χ1n) is 7.50. The molecule has 0 aliphatic carbocycles. The SMILES string of the molecule is CC(C)C1CCCN1CC(C)(C)c1ccc(N)cc1. The minimum absolute atomic E-state index is 0.186. The lowest BCUT2D eigenvalue weighted by Crippen LogP contribution is -2.41. The smallest absolute Gasteiger partial charge is 0.0314 e. The van der Waals surface area contributed by atoms with E-state index in [2.05, 4.69) is 44.7 Å². The number of rotatable bonds is 4. The summed E-state index contributed by atoms with van der Waals surface area (Å²) in [5.41, 5.74) is 8.20. The standard InChI is InChI=1S/C17H28N2/c1-13(2)16-6-5-11-19(16)12-17(3,4)14-7-9-15(18)10-8-14/h7-10,13,16H,5-6,11-12,18H2,1-4H3. The zero-order valence-corrected chi connectivity index (χ0v) is 12.8. The molecule has 1 unspecified atom stereocenters. The monoisotopic (exact) mass is 260 g/mol. The average Bonchev–Trinajstić information content (AvgIpc) is 2.77. The molecule has 1 aliphatic rings. The molecule has 2 heteroatoms. The number of hydrogen-bond donors (Lipinski definition) is 1. The van der Waals surface area contributed by atoms with Gasteiger partial charge in [0.1, 0.15) is 0 Å². The molecule has 1 fully saturated rings. The van der Waals surface area contributed by atoms with Crippen LogP contribution in [0.2, 0.25) is 0 Å². The molecular weight excluding hydrogens is 232 g/mol. The van der Waals surface area contributed by atoms with Gasteiger partial charge in [-0.1, -0.05) is 39.8 Å². The van der Waals surface area contributed by atoms with Gasteiger partial charge in [0.15, 0.2) is 0 Å². The topological polar surface area (TPSA) is 29.3 Å². The summed E-state index contributed by atoms with van der Waals surface area (Å²) < 4.78 is 0. The van der Waals surface area contributed by atoms with E-state index in [-0.39, 0.29) is 5.41 Å². The minimum Gasteiger partial charge on any atom is -0.399 e. The van der Waals surface area contributed by atoms with E-state index in [0.29, 0.717) is 0 Å². The molecule has 0 bridgehead atoms. The van der Waals surface area contributed by atoms with E-state index < -0.39 is 0 Å². The van der Waals surface area contributed by atoms with Crippen molar-refractivity contribution in [1.29, 1.82) is 0 Å². The molecule has 0 saturated carbocycles. The van der Waals surface area contributed by atoms with Crippen LogP contribution < -0.4 is 5.73 Å². The van der Waals surface area contributed by atoms with E-state index in [9.17, 15) is 0 Å². The van der Waals surface area contributed by atoms with Crippen molar-refractivity contribution in [3.63, 3.8) is 0 Å². The van der Waals surface area contributed by atoms with Crippen molar-refractivity contribution in [2.24, 2.45) is 5.92 Å². The molecule has 106 valence electrons. The molecule has 1 saturated heterocycles. The second-order valence-corrected chi connectivity index (χ2v) is 6.93. The molecule has 2 N–H and O–H groups in total. The lowest BCUT2D eigenvalue weighted by atomic mass is 9.83. The van der Waals surface area contributed by atoms with Gasteiger partial charge in [0, 0.05) is 23.7 Å². The Bertz CT molecular complexity index is 406. The van der Waals surface area contributed by atoms with Crippen LogP contribution in [0, 0.1) is 5.92 Å². The van der Waals surface area contributed by atoms with Crippen LogP contribution in [0.5, 0.6) is 0 Å². The van der Waals surface area contributed by atoms with Gasteiger partial charge < -0.3 is 5.73 Å². The number of benzene rings is 1. The molecule has 1 aliphatic heterocycles. The Hall–Kier alpha value is -1.02. The second kappa shape index (κ2) is 5.54. The van der Waals surface area contributed by atoms with Crippen LogP contribution in [-0.4, -0.2) is 24.0 Å². The average molecular weight is 260 g/mol. The maximum Gasteiger partial charge on any atom is 0.0314 e. The zero-order valence-electron chi connectivity index (χ0n) is 12.8. The van der Waals surface area contributed by atoms with Gasteiger partial charge in [0.25, 0.3) is 0 Å². The van der Waals surface area contributed by atoms with Gasteiger partial charge in [-0.2, -0.15) is 0 Å². The highest BCUT2D eigenvalue weighted by atomic mass is 15.2. The van der Waals surface area contributed by atoms with Crippen LogP contribution in [0.25, 0.3) is 0 Å². The normalized spacial score (nSPS) is 21.2. The lowest BCUT2D eigenvalue weighted by Gasteiger charge is -2.35. The number of anilines is 1. The van der Waals surface area contributed by atoms with Crippen molar-refractivity contribution in [3.05, 3.63) is 29.8 Å². The summed E-state index contributed by atoms with van der Waals surface area (Å²) in [6.45, 7) is 11.8. The van der Waals surface area contributed by atoms with Crippen LogP contribution in [0.4, 0.5) is 5.69 Å². The van der Waals surface area contributed by atoms with Gasteiger partial charge in [-0.25, -0.2) is 0 Å². The number of nitrogens with two attached hydrogens (primary N) is 1. The van der Waals surface area contributed by atoms with E-state index in [1.165, 1.54) is 24.9 Å². The van der Waals surface area contributed by atoms with Gasteiger partial charge in [-0.15, -0.1) is 0 Å². The van der Waals surface area contributed by atoms with Crippen LogP contribution >= 0.6 is 0 Å². The molecular formula is C17H28N2. The van der Waals surface area contributed by atoms with Gasteiger partial charge >= 0.3 is 0 Å². The molecule has 0 spiro atoms. The second-order valence-electron chi connectivity index (χ2n) is 6.93. The Morgan fingerprint density at radius 3 is 2.47 bits per heavy atom. The fraction of sp³-hybridized carbons (Fsp3) is 0.647. The van der Waals surface area contributed by atoms with Crippen molar-refractivity contribution in [1.82, 2.24) is 4.90 Å². The summed E-state index contributed by atoms with van der Waals surface area (Å²) >= 11 is 0. The predicted octanol–water partition coefficient (Wildman–Crippen LogP) is 3.67. The van der Waals surface area contributed by atoms with Crippen molar-refractivity contribution >= 4 is 5.69 Å². The van der Waals surface area contributed by atoms with E-state index in [1.54, 1.807) is 0 Å². The lowest BCUT2D eigenvalue weighted by molar-refractivity contribution is 0.172. The van der Waals surface area contributed by atoms with E-state index >= 15 is 0 Å². The van der Waals surface area contributed by atoms with Crippen LogP contribution in [0.1, 0.15) is 46.1 Å². The molecule has 1 aromatic rings. The summed E-state index contributed by atoms with van der Waals surface area (Å²) in [7, 11) is 0. The Morgan fingerprint density at radius 2 is 1.89 bits per heavy atom. The molecule has 1 atom stereocenters. The molecule has 1 aromatic carbocycles. The van der Waals surface area contributed by atoms with Gasteiger partial charge in [0.05, 0.1) is 0 Å². The van der Waals surface area contributed by atoms with Crippen molar-refractivity contribution in [2.75, 3.05) is 18.8 Å². The van der Waals surface area contributed by atoms with E-state index in [1.807, 2.05) is 12.1 Å². The van der Waals surface area contributed by atoms with Gasteiger partial charge in [-0.05, 0) is 43.0 Å². The Morgan fingerprint density at radius 1 is 1.26 bits per heavy atom. The predicted molar refractivity (Wildman–Crippen MR) is 83.3 cm³/mol. The maximum atomic E-state index is 5.78. The maximum absolute atomic E-state index is 5.78. The molecule has 2 rings (SSSR count). The highest BCUT2D eigenvalue weighted by Crippen LogP contribution is 2.31. The van der Waals surface area contributed by atoms with Crippen LogP contribution in [0.3, 0.4) is 0 Å². The molecule has 1 heterocycles. The summed E-state index contributed by atoms with van der Waals surface area (Å²) in [6.07, 6.45) is 2.70. The summed E-state index contributed by atoms with van der Waals surface area (Å²) in [5.74, 6) is 0.754. The Labute approximate surface area is 118 Å². The molecule has 0 amide bonds. The number of hydrogen-bond acceptors (Lipinski definition) is 2. The summed E-state index contributed by atoms with van der Waals surface area (Å²) in [6, 6.07) is 9.14. The summed E-state index contributed by atoms with van der Waals surface area (Å²) in [4.78, 5) is 2.68. The first kappa shape index (κ1) is 14.4. The van der Waals surface area contributed by atoms with Gasteiger partial charge in [-0.3, -0.25) is 4.90 Å². The molecule has 2 nitrogen and oxygen atoms in total. The van der Waals surface area contributed by atoms with Crippen molar-refractivity contribution in [2.45, 2.75) is 52.0 Å². The van der Waals surface area contributed by atoms with Gasteiger partial charge in [0.2, 0.25) is 0 Å². The zero-order chi connectivity index (χ0) is 14.0.